The zero-order valence-corrected chi connectivity index (χ0v) is 26.3. The molecule has 2 fully saturated rings. The third-order valence-electron chi connectivity index (χ3n) is 8.46. The lowest BCUT2D eigenvalue weighted by Crippen LogP contribution is -2.55. The van der Waals surface area contributed by atoms with Gasteiger partial charge in [0.05, 0.1) is 49.1 Å². The number of carbonyl (C=O) groups is 1. The van der Waals surface area contributed by atoms with Crippen LogP contribution in [0.5, 0.6) is 5.75 Å². The molecule has 1 spiro atoms. The number of nitriles is 1. The van der Waals surface area contributed by atoms with Crippen LogP contribution in [-0.2, 0) is 17.9 Å². The van der Waals surface area contributed by atoms with E-state index in [-0.39, 0.29) is 55.7 Å². The van der Waals surface area contributed by atoms with Gasteiger partial charge in [0.1, 0.15) is 11.3 Å². The summed E-state index contributed by atoms with van der Waals surface area (Å²) in [6.45, 7) is 2.12. The van der Waals surface area contributed by atoms with Gasteiger partial charge < -0.3 is 14.2 Å². The summed E-state index contributed by atoms with van der Waals surface area (Å²) in [5.74, 6) is -0.409. The molecule has 3 heterocycles. The molecule has 1 unspecified atom stereocenters. The molecule has 0 bridgehead atoms. The molecule has 4 aromatic rings. The maximum atomic E-state index is 13.7. The molecule has 8 nitrogen and oxygen atoms in total. The number of ether oxygens (including phenoxy) is 1. The van der Waals surface area contributed by atoms with Crippen molar-refractivity contribution in [2.45, 2.75) is 43.9 Å². The number of likely N-dealkylation sites (tertiary alicyclic amines) is 1. The average molecular weight is 674 g/mol. The Morgan fingerprint density at radius 2 is 1.63 bits per heavy atom. The van der Waals surface area contributed by atoms with Crippen molar-refractivity contribution in [3.8, 4) is 11.8 Å². The monoisotopic (exact) mass is 672 g/mol. The van der Waals surface area contributed by atoms with Gasteiger partial charge in [-0.1, -0.05) is 60.7 Å². The topological polar surface area (TPSA) is 86.4 Å². The summed E-state index contributed by atoms with van der Waals surface area (Å²) in [5.41, 5.74) is 3.31. The van der Waals surface area contributed by atoms with Crippen molar-refractivity contribution in [2.24, 2.45) is 0 Å². The number of nitrogens with zero attached hydrogens (tertiary/aromatic N) is 5. The summed E-state index contributed by atoms with van der Waals surface area (Å²) in [7, 11) is 0. The molecule has 13 heteroatoms. The average Bonchev–Trinajstić information content (AvgIpc) is 3.59. The molecule has 1 amide bonds. The second-order valence-corrected chi connectivity index (χ2v) is 11.2. The molecule has 1 atom stereocenters. The first-order chi connectivity index (χ1) is 21.2. The molecule has 1 aromatic heterocycles. The van der Waals surface area contributed by atoms with Crippen LogP contribution in [0.3, 0.4) is 0 Å². The Morgan fingerprint density at radius 1 is 0.957 bits per heavy atom. The number of alkyl halides is 3. The number of para-hydroxylation sites is 1. The minimum absolute atomic E-state index is 0. The third kappa shape index (κ3) is 7.48. The first kappa shape index (κ1) is 34.8. The Labute approximate surface area is 277 Å². The molecule has 3 aromatic carbocycles. The van der Waals surface area contributed by atoms with E-state index in [4.69, 9.17) is 5.26 Å². The molecule has 6 rings (SSSR count). The molecular weight excluding hydrogens is 640 g/mol. The van der Waals surface area contributed by atoms with Gasteiger partial charge in [-0.15, -0.1) is 38.0 Å². The van der Waals surface area contributed by atoms with Gasteiger partial charge >= 0.3 is 6.36 Å². The number of piperidine rings is 1. The molecule has 2 aliphatic rings. The fraction of sp³-hybridized carbons (Fsp3) is 0.303. The van der Waals surface area contributed by atoms with Crippen molar-refractivity contribution >= 4 is 30.7 Å². The van der Waals surface area contributed by atoms with Gasteiger partial charge in [-0.2, -0.15) is 5.26 Å². The van der Waals surface area contributed by atoms with E-state index in [9.17, 15) is 18.0 Å². The van der Waals surface area contributed by atoms with E-state index in [1.165, 1.54) is 12.1 Å². The van der Waals surface area contributed by atoms with Crippen LogP contribution in [0.25, 0.3) is 0 Å². The minimum atomic E-state index is -4.82. The summed E-state index contributed by atoms with van der Waals surface area (Å²) < 4.78 is 45.2. The van der Waals surface area contributed by atoms with Crippen LogP contribution in [0.1, 0.15) is 46.8 Å². The Balaban J connectivity index is 0.00000240. The van der Waals surface area contributed by atoms with Crippen LogP contribution in [0.15, 0.2) is 91.4 Å². The van der Waals surface area contributed by atoms with E-state index in [1.54, 1.807) is 17.0 Å². The summed E-state index contributed by atoms with van der Waals surface area (Å²) in [6, 6.07) is 25.7. The van der Waals surface area contributed by atoms with E-state index < -0.39 is 11.9 Å². The zero-order valence-electron chi connectivity index (χ0n) is 24.7. The highest BCUT2D eigenvalue weighted by atomic mass is 35.5. The van der Waals surface area contributed by atoms with Crippen LogP contribution < -0.4 is 10.1 Å². The molecule has 0 saturated carbocycles. The van der Waals surface area contributed by atoms with Crippen LogP contribution >= 0.6 is 24.8 Å². The smallest absolute Gasteiger partial charge is 0.405 e. The van der Waals surface area contributed by atoms with E-state index >= 15 is 0 Å². The highest BCUT2D eigenvalue weighted by Gasteiger charge is 2.49. The number of hydrogen-bond donors (Lipinski definition) is 1. The Kier molecular flexibility index (Phi) is 11.0. The molecule has 2 saturated heterocycles. The second-order valence-electron chi connectivity index (χ2n) is 11.2. The van der Waals surface area contributed by atoms with Gasteiger partial charge in [0, 0.05) is 25.2 Å². The molecule has 2 aliphatic heterocycles. The molecule has 242 valence electrons. The van der Waals surface area contributed by atoms with Gasteiger partial charge in [-0.05, 0) is 42.2 Å². The lowest BCUT2D eigenvalue weighted by Gasteiger charge is -2.41. The largest absolute Gasteiger partial charge is 0.573 e. The summed E-state index contributed by atoms with van der Waals surface area (Å²) >= 11 is 0. The van der Waals surface area contributed by atoms with E-state index in [0.29, 0.717) is 43.6 Å². The number of rotatable bonds is 8. The zero-order chi connectivity index (χ0) is 30.7. The SMILES string of the molecule is Cl.Cl.N#Cc1ccc(Cn2cncc2C(c2ccccc2)N2CCC3(CC2)NCN(Cc2ccccc2OC(F)(F)F)C3=O)cc1. The maximum Gasteiger partial charge on any atom is 0.573 e. The molecule has 46 heavy (non-hydrogen) atoms. The van der Waals surface area contributed by atoms with E-state index in [0.717, 1.165) is 16.8 Å². The Morgan fingerprint density at radius 3 is 2.30 bits per heavy atom. The second kappa shape index (κ2) is 14.6. The van der Waals surface area contributed by atoms with Gasteiger partial charge in [0.15, 0.2) is 0 Å². The minimum Gasteiger partial charge on any atom is -0.405 e. The molecule has 1 N–H and O–H groups in total. The fourth-order valence-corrected chi connectivity index (χ4v) is 6.22. The fourth-order valence-electron chi connectivity index (χ4n) is 6.22. The number of hydrogen-bond acceptors (Lipinski definition) is 6. The molecule has 0 aliphatic carbocycles. The Hall–Kier alpha value is -4.08. The first-order valence-corrected chi connectivity index (χ1v) is 14.4. The van der Waals surface area contributed by atoms with Gasteiger partial charge in [0.2, 0.25) is 5.91 Å². The number of benzene rings is 3. The number of imidazole rings is 1. The molecule has 0 radical (unpaired) electrons. The van der Waals surface area contributed by atoms with Crippen LogP contribution in [0.2, 0.25) is 0 Å². The quantitative estimate of drug-likeness (QED) is 0.245. The van der Waals surface area contributed by atoms with Gasteiger partial charge in [0.25, 0.3) is 0 Å². The first-order valence-electron chi connectivity index (χ1n) is 14.4. The summed E-state index contributed by atoms with van der Waals surface area (Å²) in [4.78, 5) is 22.1. The standard InChI is InChI=1S/C33H31F3N6O2.2ClH/c34-33(35,36)44-29-9-5-4-8-27(29)21-42-23-39-32(31(42)43)14-16-40(17-15-32)30(26-6-2-1-3-7-26)28-19-38-22-41(28)20-25-12-10-24(18-37)11-13-25;;/h1-13,19,22,30,39H,14-17,20-21,23H2;2*1H. The van der Waals surface area contributed by atoms with Crippen LogP contribution in [0, 0.1) is 11.3 Å². The number of carbonyl (C=O) groups excluding carboxylic acids is 1. The van der Waals surface area contributed by atoms with Gasteiger partial charge in [-0.25, -0.2) is 4.98 Å². The third-order valence-corrected chi connectivity index (χ3v) is 8.46. The van der Waals surface area contributed by atoms with Crippen molar-refractivity contribution in [1.82, 2.24) is 24.7 Å². The Bertz CT molecular complexity index is 1650. The predicted molar refractivity (Wildman–Crippen MR) is 170 cm³/mol. The lowest BCUT2D eigenvalue weighted by atomic mass is 9.86. The number of halogens is 5. The molecular formula is C33H33Cl2F3N6O2. The van der Waals surface area contributed by atoms with Crippen LogP contribution in [-0.4, -0.2) is 56.9 Å². The number of amides is 1. The van der Waals surface area contributed by atoms with E-state index in [2.05, 4.69) is 42.7 Å². The van der Waals surface area contributed by atoms with E-state index in [1.807, 2.05) is 55.0 Å². The van der Waals surface area contributed by atoms with Crippen LogP contribution in [0.4, 0.5) is 13.2 Å². The number of nitrogens with one attached hydrogen (secondary N) is 1. The summed E-state index contributed by atoms with van der Waals surface area (Å²) in [5, 5.41) is 12.5. The van der Waals surface area contributed by atoms with Gasteiger partial charge in [-0.3, -0.25) is 15.0 Å². The lowest BCUT2D eigenvalue weighted by molar-refractivity contribution is -0.275. The normalized spacial score (nSPS) is 16.7. The van der Waals surface area contributed by atoms with Crippen molar-refractivity contribution in [1.29, 1.82) is 5.26 Å². The van der Waals surface area contributed by atoms with Crippen molar-refractivity contribution in [2.75, 3.05) is 19.8 Å². The highest BCUT2D eigenvalue weighted by molar-refractivity contribution is 5.88. The maximum absolute atomic E-state index is 13.7. The number of aromatic nitrogens is 2. The van der Waals surface area contributed by atoms with Crippen molar-refractivity contribution < 1.29 is 22.7 Å². The van der Waals surface area contributed by atoms with Crippen molar-refractivity contribution in [3.05, 3.63) is 119 Å². The van der Waals surface area contributed by atoms with Crippen molar-refractivity contribution in [3.63, 3.8) is 0 Å². The predicted octanol–water partition coefficient (Wildman–Crippen LogP) is 6.06. The summed E-state index contributed by atoms with van der Waals surface area (Å²) in [6.07, 6.45) is -0.0155. The highest BCUT2D eigenvalue weighted by Crippen LogP contribution is 2.37.